The Morgan fingerprint density at radius 2 is 2.04 bits per heavy atom. The highest BCUT2D eigenvalue weighted by Gasteiger charge is 2.24. The van der Waals surface area contributed by atoms with Crippen LogP contribution in [0.25, 0.3) is 16.6 Å². The second-order valence-corrected chi connectivity index (χ2v) is 6.16. The number of nitrogens with zero attached hydrogens (tertiary/aromatic N) is 4. The van der Waals surface area contributed by atoms with Crippen LogP contribution in [0, 0.1) is 0 Å². The van der Waals surface area contributed by atoms with Gasteiger partial charge < -0.3 is 9.64 Å². The predicted octanol–water partition coefficient (Wildman–Crippen LogP) is 3.30. The van der Waals surface area contributed by atoms with Gasteiger partial charge in [-0.1, -0.05) is 11.6 Å². The summed E-state index contributed by atoms with van der Waals surface area (Å²) in [5.74, 6) is 0.980. The molecule has 118 valence electrons. The number of hydrogen-bond acceptors (Lipinski definition) is 4. The van der Waals surface area contributed by atoms with E-state index in [2.05, 4.69) is 16.8 Å². The Hall–Kier alpha value is -2.11. The molecular weight excluding hydrogens is 312 g/mol. The summed E-state index contributed by atoms with van der Waals surface area (Å²) < 4.78 is 7.47. The molecule has 0 saturated carbocycles. The third-order valence-corrected chi connectivity index (χ3v) is 4.43. The second kappa shape index (κ2) is 5.83. The summed E-state index contributed by atoms with van der Waals surface area (Å²) in [5, 5.41) is 6.68. The van der Waals surface area contributed by atoms with E-state index in [1.807, 2.05) is 47.4 Å². The van der Waals surface area contributed by atoms with Crippen molar-refractivity contribution in [1.29, 1.82) is 0 Å². The van der Waals surface area contributed by atoms with Crippen LogP contribution in [0.4, 0.5) is 5.82 Å². The van der Waals surface area contributed by atoms with Gasteiger partial charge >= 0.3 is 0 Å². The third kappa shape index (κ3) is 2.56. The zero-order valence-electron chi connectivity index (χ0n) is 12.8. The van der Waals surface area contributed by atoms with Crippen LogP contribution >= 0.6 is 11.6 Å². The van der Waals surface area contributed by atoms with Crippen molar-refractivity contribution in [2.75, 3.05) is 24.7 Å². The summed E-state index contributed by atoms with van der Waals surface area (Å²) in [7, 11) is 0. The van der Waals surface area contributed by atoms with Gasteiger partial charge in [0.25, 0.3) is 0 Å². The number of fused-ring (bicyclic) bond motifs is 1. The maximum atomic E-state index is 6.00. The lowest BCUT2D eigenvalue weighted by atomic mass is 10.2. The Labute approximate surface area is 139 Å². The number of anilines is 1. The molecule has 2 aromatic heterocycles. The first-order chi connectivity index (χ1) is 11.2. The van der Waals surface area contributed by atoms with Crippen LogP contribution in [0.15, 0.2) is 42.7 Å². The van der Waals surface area contributed by atoms with E-state index >= 15 is 0 Å². The molecule has 6 heteroatoms. The maximum absolute atomic E-state index is 6.00. The van der Waals surface area contributed by atoms with E-state index in [0.29, 0.717) is 11.1 Å². The first kappa shape index (κ1) is 14.5. The van der Waals surface area contributed by atoms with Gasteiger partial charge in [0.2, 0.25) is 0 Å². The van der Waals surface area contributed by atoms with Crippen LogP contribution < -0.4 is 4.90 Å². The largest absolute Gasteiger partial charge is 0.377 e. The molecule has 4 rings (SSSR count). The molecular formula is C17H17ClN4O. The zero-order chi connectivity index (χ0) is 15.8. The number of halogens is 1. The number of ether oxygens (including phenoxy) is 1. The normalized spacial score (nSPS) is 18.5. The Balaban J connectivity index is 1.87. The van der Waals surface area contributed by atoms with Crippen molar-refractivity contribution in [3.8, 4) is 5.69 Å². The van der Waals surface area contributed by atoms with Gasteiger partial charge in [-0.2, -0.15) is 0 Å². The van der Waals surface area contributed by atoms with Crippen LogP contribution in [0.3, 0.4) is 0 Å². The standard InChI is InChI=1S/C17H17ClN4O/c1-12-11-23-9-8-21(12)17-15-6-7-19-10-16(15)22(20-17)14-4-2-13(18)3-5-14/h2-7,10,12H,8-9,11H2,1H3. The summed E-state index contributed by atoms with van der Waals surface area (Å²) >= 11 is 6.00. The molecule has 0 amide bonds. The molecule has 0 spiro atoms. The van der Waals surface area contributed by atoms with E-state index in [1.54, 1.807) is 0 Å². The van der Waals surface area contributed by atoms with Crippen molar-refractivity contribution in [1.82, 2.24) is 14.8 Å². The van der Waals surface area contributed by atoms with Crippen LogP contribution in [-0.4, -0.2) is 40.6 Å². The van der Waals surface area contributed by atoms with Crippen LogP contribution in [0.5, 0.6) is 0 Å². The molecule has 0 N–H and O–H groups in total. The molecule has 3 aromatic rings. The van der Waals surface area contributed by atoms with Gasteiger partial charge in [-0.3, -0.25) is 4.98 Å². The highest BCUT2D eigenvalue weighted by Crippen LogP contribution is 2.30. The molecule has 1 fully saturated rings. The summed E-state index contributed by atoms with van der Waals surface area (Å²) in [6.45, 7) is 4.45. The van der Waals surface area contributed by atoms with E-state index in [9.17, 15) is 0 Å². The Morgan fingerprint density at radius 1 is 1.22 bits per heavy atom. The van der Waals surface area contributed by atoms with Gasteiger partial charge in [-0.15, -0.1) is 5.10 Å². The third-order valence-electron chi connectivity index (χ3n) is 4.17. The first-order valence-corrected chi connectivity index (χ1v) is 8.05. The number of pyridine rings is 1. The topological polar surface area (TPSA) is 43.2 Å². The predicted molar refractivity (Wildman–Crippen MR) is 91.5 cm³/mol. The minimum absolute atomic E-state index is 0.300. The van der Waals surface area contributed by atoms with Crippen molar-refractivity contribution in [2.24, 2.45) is 0 Å². The smallest absolute Gasteiger partial charge is 0.159 e. The van der Waals surface area contributed by atoms with Crippen molar-refractivity contribution in [3.63, 3.8) is 0 Å². The summed E-state index contributed by atoms with van der Waals surface area (Å²) in [5.41, 5.74) is 1.96. The van der Waals surface area contributed by atoms with E-state index in [1.165, 1.54) is 0 Å². The highest BCUT2D eigenvalue weighted by atomic mass is 35.5. The maximum Gasteiger partial charge on any atom is 0.159 e. The Kier molecular flexibility index (Phi) is 3.67. The molecule has 1 unspecified atom stereocenters. The molecule has 1 aliphatic heterocycles. The molecule has 0 bridgehead atoms. The van der Waals surface area contributed by atoms with Crippen LogP contribution in [-0.2, 0) is 4.74 Å². The summed E-state index contributed by atoms with van der Waals surface area (Å²) in [6.07, 6.45) is 3.66. The number of hydrogen-bond donors (Lipinski definition) is 0. The fourth-order valence-corrected chi connectivity index (χ4v) is 3.11. The van der Waals surface area contributed by atoms with Gasteiger partial charge in [0.15, 0.2) is 5.82 Å². The quantitative estimate of drug-likeness (QED) is 0.724. The average molecular weight is 329 g/mol. The van der Waals surface area contributed by atoms with E-state index in [-0.39, 0.29) is 0 Å². The van der Waals surface area contributed by atoms with Crippen molar-refractivity contribution in [3.05, 3.63) is 47.7 Å². The van der Waals surface area contributed by atoms with E-state index < -0.39 is 0 Å². The second-order valence-electron chi connectivity index (χ2n) is 5.72. The molecule has 1 saturated heterocycles. The lowest BCUT2D eigenvalue weighted by Crippen LogP contribution is -2.44. The van der Waals surface area contributed by atoms with Crippen molar-refractivity contribution < 1.29 is 4.74 Å². The molecule has 23 heavy (non-hydrogen) atoms. The fourth-order valence-electron chi connectivity index (χ4n) is 2.98. The molecule has 0 aliphatic carbocycles. The molecule has 1 atom stereocenters. The van der Waals surface area contributed by atoms with Gasteiger partial charge in [0, 0.05) is 23.2 Å². The molecule has 1 aromatic carbocycles. The summed E-state index contributed by atoms with van der Waals surface area (Å²) in [6, 6.07) is 10.00. The summed E-state index contributed by atoms with van der Waals surface area (Å²) in [4.78, 5) is 6.57. The SMILES string of the molecule is CC1COCCN1c1nn(-c2ccc(Cl)cc2)c2cnccc12. The average Bonchev–Trinajstić information content (AvgIpc) is 2.96. The monoisotopic (exact) mass is 328 g/mol. The van der Waals surface area contributed by atoms with Crippen LogP contribution in [0.2, 0.25) is 5.02 Å². The van der Waals surface area contributed by atoms with E-state index in [0.717, 1.165) is 42.2 Å². The first-order valence-electron chi connectivity index (χ1n) is 7.67. The Morgan fingerprint density at radius 3 is 2.83 bits per heavy atom. The van der Waals surface area contributed by atoms with Gasteiger partial charge in [0.05, 0.1) is 36.7 Å². The molecule has 1 aliphatic rings. The minimum Gasteiger partial charge on any atom is -0.377 e. The van der Waals surface area contributed by atoms with Gasteiger partial charge in [-0.05, 0) is 37.3 Å². The van der Waals surface area contributed by atoms with Gasteiger partial charge in [0.1, 0.15) is 0 Å². The number of aromatic nitrogens is 3. The van der Waals surface area contributed by atoms with Crippen molar-refractivity contribution in [2.45, 2.75) is 13.0 Å². The highest BCUT2D eigenvalue weighted by molar-refractivity contribution is 6.30. The molecule has 0 radical (unpaired) electrons. The Bertz CT molecular complexity index is 830. The van der Waals surface area contributed by atoms with E-state index in [4.69, 9.17) is 21.4 Å². The number of benzene rings is 1. The zero-order valence-corrected chi connectivity index (χ0v) is 13.6. The molecule has 3 heterocycles. The van der Waals surface area contributed by atoms with Crippen molar-refractivity contribution >= 4 is 28.3 Å². The number of rotatable bonds is 2. The van der Waals surface area contributed by atoms with Gasteiger partial charge in [-0.25, -0.2) is 4.68 Å². The molecule has 5 nitrogen and oxygen atoms in total. The number of morpholine rings is 1. The fraction of sp³-hybridized carbons (Fsp3) is 0.294. The minimum atomic E-state index is 0.300. The van der Waals surface area contributed by atoms with Crippen LogP contribution in [0.1, 0.15) is 6.92 Å². The lowest BCUT2D eigenvalue weighted by molar-refractivity contribution is 0.0986. The lowest BCUT2D eigenvalue weighted by Gasteiger charge is -2.33.